The van der Waals surface area contributed by atoms with Crippen molar-refractivity contribution in [3.8, 4) is 5.75 Å². The Morgan fingerprint density at radius 3 is 0.780 bits per heavy atom. The highest BCUT2D eigenvalue weighted by Gasteiger charge is 2.22. The molecule has 1 atom stereocenters. The highest BCUT2D eigenvalue weighted by Crippen LogP contribution is 2.16. The first-order chi connectivity index (χ1) is 57.7. The lowest BCUT2D eigenvalue weighted by Crippen LogP contribution is -2.42. The first kappa shape index (κ1) is 112. The molecule has 0 aliphatic heterocycles. The standard InChI is InChI=1S/C81H150N2O35/c1-80(2,3)117-78(86)72-116-74-12-10-73(11-13-74)71-75(83-77(85)14-17-90-22-25-94-30-31-95-26-23-91-18-15-82-79(87)118-81(4,5)6)76(84)9-8-16-89-21-24-93-29-32-97-35-36-99-39-40-101-43-44-103-47-48-105-51-52-107-55-56-109-59-60-111-63-64-113-67-68-115-70-69-114-66-65-112-62-61-110-58-57-108-54-53-106-50-49-104-46-45-102-42-41-100-38-37-98-34-33-96-28-27-92-20-19-88-7/h10-13,75H,8-9,14-72H2,1-7H3,(H,82,87)(H,83,85). The van der Waals surface area contributed by atoms with Gasteiger partial charge in [-0.15, -0.1) is 0 Å². The molecule has 694 valence electrons. The number of Topliss-reactive ketones (excluding diaryl/α,β-unsaturated/α-hetero) is 1. The summed E-state index contributed by atoms with van der Waals surface area (Å²) in [4.78, 5) is 50.4. The fourth-order valence-corrected chi connectivity index (χ4v) is 9.05. The number of benzene rings is 1. The molecule has 118 heavy (non-hydrogen) atoms. The van der Waals surface area contributed by atoms with E-state index in [1.54, 1.807) is 72.9 Å². The molecular weight excluding hydrogens is 1560 g/mol. The SMILES string of the molecule is COCCOCCOCCOCCOCCOCCOCCOCCOCCOCCOCCOCCOCCOCCOCCOCCOCCOCCOCCOCCOCCOCCOCCOCCCC(=O)C(Cc1ccc(OCC(=O)OC(C)(C)C)cc1)NC(=O)CCOCCOCCOCCOCCNC(=O)OC(C)(C)C. The molecule has 37 heteroatoms. The van der Waals surface area contributed by atoms with Crippen LogP contribution in [0.4, 0.5) is 4.79 Å². The van der Waals surface area contributed by atoms with Crippen molar-refractivity contribution >= 4 is 23.8 Å². The van der Waals surface area contributed by atoms with Crippen LogP contribution in [-0.2, 0) is 163 Å². The summed E-state index contributed by atoms with van der Waals surface area (Å²) in [6.45, 7) is 35.2. The molecule has 0 bridgehead atoms. The van der Waals surface area contributed by atoms with Crippen molar-refractivity contribution in [2.75, 3.05) is 384 Å². The lowest BCUT2D eigenvalue weighted by Gasteiger charge is -2.20. The second-order valence-corrected chi connectivity index (χ2v) is 27.1. The number of hydrogen-bond donors (Lipinski definition) is 2. The lowest BCUT2D eigenvalue weighted by molar-refractivity contribution is -0.157. The smallest absolute Gasteiger partial charge is 0.407 e. The molecule has 0 heterocycles. The number of hydrogen-bond acceptors (Lipinski definition) is 35. The molecule has 0 radical (unpaired) electrons. The van der Waals surface area contributed by atoms with Crippen LogP contribution in [0.1, 0.15) is 66.4 Å². The zero-order valence-electron chi connectivity index (χ0n) is 72.3. The van der Waals surface area contributed by atoms with Crippen molar-refractivity contribution in [3.63, 3.8) is 0 Å². The zero-order chi connectivity index (χ0) is 85.3. The minimum Gasteiger partial charge on any atom is -0.482 e. The van der Waals surface area contributed by atoms with Crippen LogP contribution in [0, 0.1) is 0 Å². The Labute approximate surface area is 701 Å². The van der Waals surface area contributed by atoms with Gasteiger partial charge in [0.1, 0.15) is 17.0 Å². The van der Waals surface area contributed by atoms with E-state index in [-0.39, 0.29) is 50.8 Å². The van der Waals surface area contributed by atoms with Crippen molar-refractivity contribution in [1.82, 2.24) is 10.6 Å². The molecule has 0 aliphatic rings. The Morgan fingerprint density at radius 1 is 0.288 bits per heavy atom. The van der Waals surface area contributed by atoms with Crippen LogP contribution >= 0.6 is 0 Å². The molecule has 37 nitrogen and oxygen atoms in total. The van der Waals surface area contributed by atoms with Crippen molar-refractivity contribution in [2.24, 2.45) is 0 Å². The van der Waals surface area contributed by atoms with Crippen molar-refractivity contribution in [2.45, 2.75) is 84.5 Å². The van der Waals surface area contributed by atoms with Crippen molar-refractivity contribution < 1.29 is 166 Å². The second-order valence-electron chi connectivity index (χ2n) is 27.1. The van der Waals surface area contributed by atoms with E-state index in [2.05, 4.69) is 10.6 Å². The van der Waals surface area contributed by atoms with E-state index >= 15 is 0 Å². The number of carbonyl (C=O) groups is 4. The predicted molar refractivity (Wildman–Crippen MR) is 431 cm³/mol. The number of ketones is 1. The number of carbonyl (C=O) groups excluding carboxylic acids is 4. The van der Waals surface area contributed by atoms with Crippen LogP contribution in [0.15, 0.2) is 24.3 Å². The molecule has 0 saturated carbocycles. The molecule has 1 aromatic rings. The van der Waals surface area contributed by atoms with Gasteiger partial charge in [-0.3, -0.25) is 9.59 Å². The molecule has 1 rings (SSSR count). The van der Waals surface area contributed by atoms with Gasteiger partial charge in [-0.2, -0.15) is 0 Å². The van der Waals surface area contributed by atoms with E-state index in [0.717, 1.165) is 5.56 Å². The first-order valence-electron chi connectivity index (χ1n) is 41.5. The largest absolute Gasteiger partial charge is 0.482 e. The Hall–Kier alpha value is -4.22. The lowest BCUT2D eigenvalue weighted by atomic mass is 9.99. The van der Waals surface area contributed by atoms with Gasteiger partial charge >= 0.3 is 12.1 Å². The van der Waals surface area contributed by atoms with Gasteiger partial charge in [0, 0.05) is 33.1 Å². The van der Waals surface area contributed by atoms with E-state index < -0.39 is 29.3 Å². The van der Waals surface area contributed by atoms with E-state index in [4.69, 9.17) is 147 Å². The topological polar surface area (TPSA) is 378 Å². The molecule has 2 amide bonds. The van der Waals surface area contributed by atoms with E-state index in [0.29, 0.717) is 369 Å². The van der Waals surface area contributed by atoms with Gasteiger partial charge in [-0.1, -0.05) is 12.1 Å². The summed E-state index contributed by atoms with van der Waals surface area (Å²) in [5, 5.41) is 5.51. The molecule has 0 aliphatic carbocycles. The van der Waals surface area contributed by atoms with E-state index in [1.165, 1.54) is 0 Å². The number of alkyl carbamates (subject to hydrolysis) is 1. The number of esters is 1. The second kappa shape index (κ2) is 87.7. The summed E-state index contributed by atoms with van der Waals surface area (Å²) >= 11 is 0. The Morgan fingerprint density at radius 2 is 0.525 bits per heavy atom. The van der Waals surface area contributed by atoms with Gasteiger partial charge in [0.2, 0.25) is 5.91 Å². The molecule has 0 aromatic heterocycles. The Kier molecular flexibility index (Phi) is 83.1. The first-order valence-corrected chi connectivity index (χ1v) is 41.5. The number of nitrogens with one attached hydrogen (secondary N) is 2. The summed E-state index contributed by atoms with van der Waals surface area (Å²) in [5.74, 6) is -0.508. The van der Waals surface area contributed by atoms with E-state index in [1.807, 2.05) is 0 Å². The third-order valence-electron chi connectivity index (χ3n) is 14.7. The van der Waals surface area contributed by atoms with Crippen molar-refractivity contribution in [1.29, 1.82) is 0 Å². The maximum atomic E-state index is 13.5. The number of methoxy groups -OCH3 is 1. The van der Waals surface area contributed by atoms with Crippen LogP contribution in [0.3, 0.4) is 0 Å². The molecule has 2 N–H and O–H groups in total. The monoisotopic (exact) mass is 1710 g/mol. The quantitative estimate of drug-likeness (QED) is 0.0692. The van der Waals surface area contributed by atoms with Gasteiger partial charge in [0.15, 0.2) is 12.4 Å². The molecule has 1 unspecified atom stereocenters. The fraction of sp³-hybridized carbons (Fsp3) is 0.877. The molecular formula is C81H150N2O35. The summed E-state index contributed by atoms with van der Waals surface area (Å²) in [6.07, 6.45) is 0.423. The highest BCUT2D eigenvalue weighted by molar-refractivity contribution is 5.89. The minimum absolute atomic E-state index is 0.0432. The summed E-state index contributed by atoms with van der Waals surface area (Å²) in [6, 6.07) is 6.18. The van der Waals surface area contributed by atoms with Crippen molar-refractivity contribution in [3.05, 3.63) is 29.8 Å². The van der Waals surface area contributed by atoms with E-state index in [9.17, 15) is 19.2 Å². The van der Waals surface area contributed by atoms with Crippen LogP contribution in [0.5, 0.6) is 5.75 Å². The molecule has 1 aromatic carbocycles. The van der Waals surface area contributed by atoms with Gasteiger partial charge < -0.3 is 157 Å². The fourth-order valence-electron chi connectivity index (χ4n) is 9.05. The maximum Gasteiger partial charge on any atom is 0.407 e. The highest BCUT2D eigenvalue weighted by atomic mass is 16.6. The molecule has 0 spiro atoms. The minimum atomic E-state index is -0.797. The van der Waals surface area contributed by atoms with Gasteiger partial charge in [-0.25, -0.2) is 9.59 Å². The van der Waals surface area contributed by atoms with Crippen LogP contribution < -0.4 is 15.4 Å². The number of rotatable bonds is 95. The predicted octanol–water partition coefficient (Wildman–Crippen LogP) is 3.79. The maximum absolute atomic E-state index is 13.5. The number of ether oxygens (including phenoxy) is 31. The summed E-state index contributed by atoms with van der Waals surface area (Å²) in [7, 11) is 1.64. The number of amides is 2. The van der Waals surface area contributed by atoms with Gasteiger partial charge in [0.25, 0.3) is 0 Å². The van der Waals surface area contributed by atoms with Crippen LogP contribution in [0.2, 0.25) is 0 Å². The Balaban J connectivity index is 1.86. The Bertz CT molecular complexity index is 2300. The van der Waals surface area contributed by atoms with Gasteiger partial charge in [-0.05, 0) is 72.1 Å². The van der Waals surface area contributed by atoms with Crippen LogP contribution in [-0.4, -0.2) is 425 Å². The average Bonchev–Trinajstić information content (AvgIpc) is 0.873. The third kappa shape index (κ3) is 88.1. The summed E-state index contributed by atoms with van der Waals surface area (Å²) in [5.41, 5.74) is -0.412. The molecule has 0 saturated heterocycles. The van der Waals surface area contributed by atoms with Crippen LogP contribution in [0.25, 0.3) is 0 Å². The zero-order valence-corrected chi connectivity index (χ0v) is 72.3. The average molecular weight is 1710 g/mol. The summed E-state index contributed by atoms with van der Waals surface area (Å²) < 4.78 is 170. The third-order valence-corrected chi connectivity index (χ3v) is 14.7. The molecule has 0 fully saturated rings. The normalized spacial score (nSPS) is 12.1. The van der Waals surface area contributed by atoms with Gasteiger partial charge in [0.05, 0.1) is 363 Å².